The van der Waals surface area contributed by atoms with Crippen LogP contribution in [0.2, 0.25) is 0 Å². The lowest BCUT2D eigenvalue weighted by molar-refractivity contribution is -0.873. The van der Waals surface area contributed by atoms with E-state index in [0.29, 0.717) is 11.0 Å². The quantitative estimate of drug-likeness (QED) is 0.539. The Morgan fingerprint density at radius 3 is 2.27 bits per heavy atom. The third-order valence-corrected chi connectivity index (χ3v) is 1.61. The number of carbonyl (C=O) groups is 2. The van der Waals surface area contributed by atoms with Gasteiger partial charge in [-0.1, -0.05) is 0 Å². The van der Waals surface area contributed by atoms with E-state index in [9.17, 15) is 9.59 Å². The smallest absolute Gasteiger partial charge is 0.306 e. The van der Waals surface area contributed by atoms with Gasteiger partial charge in [0, 0.05) is 0 Å². The van der Waals surface area contributed by atoms with Gasteiger partial charge in [0.05, 0.1) is 27.6 Å². The van der Waals surface area contributed by atoms with Gasteiger partial charge in [-0.15, -0.1) is 0 Å². The zero-order chi connectivity index (χ0) is 12.1. The lowest BCUT2D eigenvalue weighted by atomic mass is 10.2. The molecule has 1 atom stereocenters. The summed E-state index contributed by atoms with van der Waals surface area (Å²) in [5.41, 5.74) is 4.92. The largest absolute Gasteiger partial charge is 0.481 e. The topological polar surface area (TPSA) is 89.6 Å². The Labute approximate surface area is 89.2 Å². The summed E-state index contributed by atoms with van der Waals surface area (Å²) in [5, 5.41) is 8.64. The number of likely N-dealkylation sites (N-methyl/N-ethyl adjacent to an activating group) is 1. The molecule has 6 nitrogen and oxygen atoms in total. The fraction of sp³-hybridized carbons (Fsp3) is 0.778. The summed E-state index contributed by atoms with van der Waals surface area (Å²) in [5.74, 6) is -1.54. The van der Waals surface area contributed by atoms with Crippen LogP contribution in [-0.4, -0.2) is 61.9 Å². The van der Waals surface area contributed by atoms with E-state index in [-0.39, 0.29) is 13.0 Å². The van der Waals surface area contributed by atoms with Crippen LogP contribution in [-0.2, 0) is 14.3 Å². The van der Waals surface area contributed by atoms with Crippen LogP contribution in [0, 0.1) is 0 Å². The number of ether oxygens (including phenoxy) is 1. The zero-order valence-corrected chi connectivity index (χ0v) is 9.40. The van der Waals surface area contributed by atoms with Gasteiger partial charge in [-0.05, 0) is 0 Å². The summed E-state index contributed by atoms with van der Waals surface area (Å²) < 4.78 is 5.69. The summed E-state index contributed by atoms with van der Waals surface area (Å²) in [6, 6.07) is 0. The van der Waals surface area contributed by atoms with Crippen LogP contribution in [0.1, 0.15) is 6.42 Å². The van der Waals surface area contributed by atoms with E-state index in [4.69, 9.17) is 15.6 Å². The van der Waals surface area contributed by atoms with Crippen molar-refractivity contribution in [1.82, 2.24) is 0 Å². The highest BCUT2D eigenvalue weighted by atomic mass is 16.5. The molecule has 0 rings (SSSR count). The van der Waals surface area contributed by atoms with E-state index >= 15 is 0 Å². The van der Waals surface area contributed by atoms with Gasteiger partial charge in [-0.25, -0.2) is 0 Å². The van der Waals surface area contributed by atoms with Gasteiger partial charge in [-0.2, -0.15) is 0 Å². The molecular weight excluding hydrogens is 200 g/mol. The molecular formula is C9H19N2O4+. The van der Waals surface area contributed by atoms with E-state index in [0.717, 1.165) is 0 Å². The van der Waals surface area contributed by atoms with Crippen LogP contribution in [0.3, 0.4) is 0 Å². The minimum Gasteiger partial charge on any atom is -0.481 e. The van der Waals surface area contributed by atoms with Gasteiger partial charge < -0.3 is 20.1 Å². The Hall–Kier alpha value is -1.14. The van der Waals surface area contributed by atoms with Gasteiger partial charge in [0.2, 0.25) is 5.91 Å². The molecule has 15 heavy (non-hydrogen) atoms. The maximum atomic E-state index is 10.5. The molecule has 0 heterocycles. The van der Waals surface area contributed by atoms with Gasteiger partial charge in [0.25, 0.3) is 0 Å². The van der Waals surface area contributed by atoms with Crippen molar-refractivity contribution in [1.29, 1.82) is 0 Å². The van der Waals surface area contributed by atoms with Crippen LogP contribution in [0.4, 0.5) is 0 Å². The first kappa shape index (κ1) is 13.9. The molecule has 0 aromatic rings. The van der Waals surface area contributed by atoms with Crippen LogP contribution in [0.25, 0.3) is 0 Å². The lowest BCUT2D eigenvalue weighted by Gasteiger charge is -2.28. The summed E-state index contributed by atoms with van der Waals surface area (Å²) in [6.07, 6.45) is -0.613. The Morgan fingerprint density at radius 2 is 1.93 bits per heavy atom. The second-order valence-corrected chi connectivity index (χ2v) is 4.47. The van der Waals surface area contributed by atoms with Crippen LogP contribution >= 0.6 is 0 Å². The molecule has 0 aromatic heterocycles. The van der Waals surface area contributed by atoms with Crippen molar-refractivity contribution in [3.63, 3.8) is 0 Å². The first-order chi connectivity index (χ1) is 6.70. The number of carboxylic acids is 1. The molecule has 0 radical (unpaired) electrons. The first-order valence-electron chi connectivity index (χ1n) is 4.63. The zero-order valence-electron chi connectivity index (χ0n) is 9.40. The minimum atomic E-state index is -0.946. The number of rotatable bonds is 7. The van der Waals surface area contributed by atoms with E-state index < -0.39 is 18.0 Å². The Morgan fingerprint density at radius 1 is 1.40 bits per heavy atom. The lowest BCUT2D eigenvalue weighted by Crippen LogP contribution is -2.43. The third kappa shape index (κ3) is 9.17. The number of primary amides is 1. The predicted octanol–water partition coefficient (Wildman–Crippen LogP) is -0.962. The van der Waals surface area contributed by atoms with Crippen molar-refractivity contribution in [2.45, 2.75) is 12.5 Å². The number of aliphatic carboxylic acids is 1. The molecule has 0 aliphatic rings. The molecule has 88 valence electrons. The fourth-order valence-electron chi connectivity index (χ4n) is 1.18. The van der Waals surface area contributed by atoms with E-state index in [1.807, 2.05) is 21.1 Å². The number of amides is 1. The van der Waals surface area contributed by atoms with Gasteiger partial charge in [0.15, 0.2) is 0 Å². The van der Waals surface area contributed by atoms with Crippen molar-refractivity contribution < 1.29 is 23.9 Å². The molecule has 1 unspecified atom stereocenters. The monoisotopic (exact) mass is 219 g/mol. The highest BCUT2D eigenvalue weighted by Gasteiger charge is 2.22. The van der Waals surface area contributed by atoms with Gasteiger partial charge in [0.1, 0.15) is 19.3 Å². The summed E-state index contributed by atoms with van der Waals surface area (Å²) in [7, 11) is 5.76. The van der Waals surface area contributed by atoms with Gasteiger partial charge in [-0.3, -0.25) is 9.59 Å². The number of carbonyl (C=O) groups excluding carboxylic acids is 1. The van der Waals surface area contributed by atoms with Crippen LogP contribution < -0.4 is 5.73 Å². The molecule has 0 aliphatic heterocycles. The minimum absolute atomic E-state index is 0.122. The Kier molecular flexibility index (Phi) is 5.24. The maximum Gasteiger partial charge on any atom is 0.306 e. The SMILES string of the molecule is C[N+](C)(C)CC(CC(=O)O)OCC(N)=O. The van der Waals surface area contributed by atoms with Crippen LogP contribution in [0.15, 0.2) is 0 Å². The van der Waals surface area contributed by atoms with Gasteiger partial charge >= 0.3 is 5.97 Å². The van der Waals surface area contributed by atoms with E-state index in [2.05, 4.69) is 0 Å². The number of quaternary nitrogens is 1. The molecule has 6 heteroatoms. The van der Waals surface area contributed by atoms with Crippen molar-refractivity contribution in [3.8, 4) is 0 Å². The predicted molar refractivity (Wildman–Crippen MR) is 54.1 cm³/mol. The Balaban J connectivity index is 4.18. The Bertz CT molecular complexity index is 235. The number of carboxylic acid groups (broad SMARTS) is 1. The fourth-order valence-corrected chi connectivity index (χ4v) is 1.18. The number of hydrogen-bond acceptors (Lipinski definition) is 3. The summed E-state index contributed by atoms with van der Waals surface area (Å²) in [4.78, 5) is 21.0. The summed E-state index contributed by atoms with van der Waals surface area (Å²) in [6.45, 7) is 0.275. The molecule has 0 fully saturated rings. The molecule has 3 N–H and O–H groups in total. The highest BCUT2D eigenvalue weighted by Crippen LogP contribution is 2.04. The number of nitrogens with two attached hydrogens (primary N) is 1. The average Bonchev–Trinajstić information content (AvgIpc) is 1.95. The van der Waals surface area contributed by atoms with E-state index in [1.165, 1.54) is 0 Å². The molecule has 1 amide bonds. The van der Waals surface area contributed by atoms with Crippen molar-refractivity contribution in [2.75, 3.05) is 34.3 Å². The second-order valence-electron chi connectivity index (χ2n) is 4.47. The third-order valence-electron chi connectivity index (χ3n) is 1.61. The molecule has 0 bridgehead atoms. The normalized spacial score (nSPS) is 13.5. The number of nitrogens with zero attached hydrogens (tertiary/aromatic N) is 1. The van der Waals surface area contributed by atoms with Crippen LogP contribution in [0.5, 0.6) is 0 Å². The van der Waals surface area contributed by atoms with Crippen molar-refractivity contribution in [2.24, 2.45) is 5.73 Å². The summed E-state index contributed by atoms with van der Waals surface area (Å²) >= 11 is 0. The maximum absolute atomic E-state index is 10.5. The standard InChI is InChI=1S/C9H18N2O4/c1-11(2,3)5-7(4-9(13)14)15-6-8(10)12/h7H,4-6H2,1-3H3,(H2-,10,12,13,14)/p+1. The van der Waals surface area contributed by atoms with Crippen molar-refractivity contribution >= 4 is 11.9 Å². The van der Waals surface area contributed by atoms with E-state index in [1.54, 1.807) is 0 Å². The molecule has 0 spiro atoms. The first-order valence-corrected chi connectivity index (χ1v) is 4.63. The molecule has 0 saturated carbocycles. The second kappa shape index (κ2) is 5.67. The molecule has 0 aromatic carbocycles. The molecule has 0 saturated heterocycles. The highest BCUT2D eigenvalue weighted by molar-refractivity contribution is 5.75. The average molecular weight is 219 g/mol. The van der Waals surface area contributed by atoms with Crippen molar-refractivity contribution in [3.05, 3.63) is 0 Å². The molecule has 0 aliphatic carbocycles. The number of hydrogen-bond donors (Lipinski definition) is 2.